The number of aryl methyl sites for hydroxylation is 1. The highest BCUT2D eigenvalue weighted by atomic mass is 79.9. The van der Waals surface area contributed by atoms with E-state index in [4.69, 9.17) is 0 Å². The SMILES string of the molecule is Oc1ccc(NC2CCCc3sc(Br)cc32)cc1F. The summed E-state index contributed by atoms with van der Waals surface area (Å²) in [6.45, 7) is 0. The zero-order valence-electron chi connectivity index (χ0n) is 10.1. The largest absolute Gasteiger partial charge is 0.505 e. The molecule has 5 heteroatoms. The quantitative estimate of drug-likeness (QED) is 0.765. The second-order valence-corrected chi connectivity index (χ2v) is 7.20. The van der Waals surface area contributed by atoms with Gasteiger partial charge in [0.2, 0.25) is 0 Å². The van der Waals surface area contributed by atoms with Gasteiger partial charge in [0.15, 0.2) is 11.6 Å². The molecular weight excluding hydrogens is 329 g/mol. The molecule has 0 radical (unpaired) electrons. The lowest BCUT2D eigenvalue weighted by molar-refractivity contribution is 0.432. The average Bonchev–Trinajstić information content (AvgIpc) is 2.75. The first-order chi connectivity index (χ1) is 9.13. The molecule has 0 amide bonds. The van der Waals surface area contributed by atoms with Crippen LogP contribution in [0.25, 0.3) is 0 Å². The lowest BCUT2D eigenvalue weighted by atomic mass is 9.94. The molecule has 1 aromatic carbocycles. The number of anilines is 1. The summed E-state index contributed by atoms with van der Waals surface area (Å²) in [6.07, 6.45) is 3.30. The maximum absolute atomic E-state index is 13.3. The molecule has 0 saturated carbocycles. The molecule has 0 spiro atoms. The Morgan fingerprint density at radius 2 is 2.21 bits per heavy atom. The van der Waals surface area contributed by atoms with Crippen molar-refractivity contribution in [3.63, 3.8) is 0 Å². The van der Waals surface area contributed by atoms with Gasteiger partial charge in [-0.15, -0.1) is 11.3 Å². The van der Waals surface area contributed by atoms with Crippen LogP contribution in [0, 0.1) is 5.82 Å². The smallest absolute Gasteiger partial charge is 0.166 e. The van der Waals surface area contributed by atoms with Crippen molar-refractivity contribution in [3.8, 4) is 5.75 Å². The molecule has 2 nitrogen and oxygen atoms in total. The molecule has 1 aliphatic rings. The molecule has 19 heavy (non-hydrogen) atoms. The molecule has 0 fully saturated rings. The van der Waals surface area contributed by atoms with Gasteiger partial charge in [-0.1, -0.05) is 0 Å². The summed E-state index contributed by atoms with van der Waals surface area (Å²) >= 11 is 5.30. The minimum atomic E-state index is -0.590. The monoisotopic (exact) mass is 341 g/mol. The average molecular weight is 342 g/mol. The van der Waals surface area contributed by atoms with Crippen LogP contribution in [-0.4, -0.2) is 5.11 Å². The third-order valence-electron chi connectivity index (χ3n) is 3.37. The lowest BCUT2D eigenvalue weighted by Gasteiger charge is -2.24. The Hall–Kier alpha value is -1.07. The number of phenols is 1. The van der Waals surface area contributed by atoms with E-state index >= 15 is 0 Å². The van der Waals surface area contributed by atoms with Crippen molar-refractivity contribution in [2.75, 3.05) is 5.32 Å². The number of hydrogen-bond donors (Lipinski definition) is 2. The minimum absolute atomic E-state index is 0.218. The Labute approximate surface area is 123 Å². The molecule has 1 atom stereocenters. The molecule has 2 N–H and O–H groups in total. The molecule has 1 unspecified atom stereocenters. The molecule has 1 aromatic heterocycles. The number of halogens is 2. The maximum atomic E-state index is 13.3. The fourth-order valence-corrected chi connectivity index (χ4v) is 4.29. The number of thiophene rings is 1. The number of fused-ring (bicyclic) bond motifs is 1. The molecule has 2 aromatic rings. The number of phenolic OH excluding ortho intramolecular Hbond substituents is 1. The van der Waals surface area contributed by atoms with E-state index in [-0.39, 0.29) is 11.8 Å². The van der Waals surface area contributed by atoms with E-state index in [0.717, 1.165) is 23.0 Å². The van der Waals surface area contributed by atoms with Crippen LogP contribution in [0.2, 0.25) is 0 Å². The molecule has 1 aliphatic carbocycles. The van der Waals surface area contributed by atoms with Crippen molar-refractivity contribution in [3.05, 3.63) is 44.3 Å². The Balaban J connectivity index is 1.86. The highest BCUT2D eigenvalue weighted by Gasteiger charge is 2.22. The van der Waals surface area contributed by atoms with E-state index in [1.54, 1.807) is 17.4 Å². The molecular formula is C14H13BrFNOS. The van der Waals surface area contributed by atoms with Crippen molar-refractivity contribution in [2.24, 2.45) is 0 Å². The van der Waals surface area contributed by atoms with Crippen molar-refractivity contribution in [1.82, 2.24) is 0 Å². The fraction of sp³-hybridized carbons (Fsp3) is 0.286. The van der Waals surface area contributed by atoms with Crippen LogP contribution in [0.15, 0.2) is 28.1 Å². The molecule has 0 saturated heterocycles. The number of rotatable bonds is 2. The van der Waals surface area contributed by atoms with Gasteiger partial charge in [-0.3, -0.25) is 0 Å². The highest BCUT2D eigenvalue weighted by Crippen LogP contribution is 2.39. The molecule has 100 valence electrons. The first-order valence-corrected chi connectivity index (χ1v) is 7.77. The summed E-state index contributed by atoms with van der Waals surface area (Å²) < 4.78 is 14.5. The summed E-state index contributed by atoms with van der Waals surface area (Å²) in [7, 11) is 0. The third kappa shape index (κ3) is 2.62. The summed E-state index contributed by atoms with van der Waals surface area (Å²) in [4.78, 5) is 1.40. The van der Waals surface area contributed by atoms with Crippen LogP contribution in [0.1, 0.15) is 29.3 Å². The standard InChI is InChI=1S/C14H13BrFNOS/c15-14-7-9-11(2-1-3-13(9)19-14)17-8-4-5-12(18)10(16)6-8/h4-7,11,17-18H,1-3H2. The molecule has 1 heterocycles. The summed E-state index contributed by atoms with van der Waals surface area (Å²) in [5.74, 6) is -0.902. The van der Waals surface area contributed by atoms with Gasteiger partial charge >= 0.3 is 0 Å². The predicted octanol–water partition coefficient (Wildman–Crippen LogP) is 4.84. The summed E-state index contributed by atoms with van der Waals surface area (Å²) in [6, 6.07) is 6.78. The Morgan fingerprint density at radius 3 is 3.00 bits per heavy atom. The predicted molar refractivity (Wildman–Crippen MR) is 79.4 cm³/mol. The van der Waals surface area contributed by atoms with Crippen LogP contribution in [0.4, 0.5) is 10.1 Å². The van der Waals surface area contributed by atoms with Gasteiger partial charge < -0.3 is 10.4 Å². The van der Waals surface area contributed by atoms with E-state index in [9.17, 15) is 9.50 Å². The molecule has 0 aliphatic heterocycles. The lowest BCUT2D eigenvalue weighted by Crippen LogP contribution is -2.15. The van der Waals surface area contributed by atoms with Crippen LogP contribution in [0.3, 0.4) is 0 Å². The van der Waals surface area contributed by atoms with E-state index in [0.29, 0.717) is 5.69 Å². The Morgan fingerprint density at radius 1 is 1.37 bits per heavy atom. The summed E-state index contributed by atoms with van der Waals surface area (Å²) in [5, 5.41) is 12.6. The van der Waals surface area contributed by atoms with Crippen molar-refractivity contribution >= 4 is 33.0 Å². The van der Waals surface area contributed by atoms with Crippen molar-refractivity contribution in [2.45, 2.75) is 25.3 Å². The van der Waals surface area contributed by atoms with Crippen molar-refractivity contribution in [1.29, 1.82) is 0 Å². The molecule has 3 rings (SSSR count). The molecule has 0 bridgehead atoms. The number of nitrogens with one attached hydrogen (secondary N) is 1. The van der Waals surface area contributed by atoms with Crippen LogP contribution in [0.5, 0.6) is 5.75 Å². The number of aromatic hydroxyl groups is 1. The van der Waals surface area contributed by atoms with Gasteiger partial charge in [-0.05, 0) is 59.0 Å². The van der Waals surface area contributed by atoms with Crippen molar-refractivity contribution < 1.29 is 9.50 Å². The van der Waals surface area contributed by atoms with Crippen LogP contribution in [-0.2, 0) is 6.42 Å². The third-order valence-corrected chi connectivity index (χ3v) is 5.09. The maximum Gasteiger partial charge on any atom is 0.166 e. The van der Waals surface area contributed by atoms with Gasteiger partial charge in [0.1, 0.15) is 0 Å². The number of benzene rings is 1. The van der Waals surface area contributed by atoms with Gasteiger partial charge in [0, 0.05) is 16.6 Å². The first-order valence-electron chi connectivity index (χ1n) is 6.16. The van der Waals surface area contributed by atoms with Gasteiger partial charge in [0.25, 0.3) is 0 Å². The second-order valence-electron chi connectivity index (χ2n) is 4.68. The van der Waals surface area contributed by atoms with Crippen LogP contribution < -0.4 is 5.32 Å². The van der Waals surface area contributed by atoms with E-state index < -0.39 is 5.82 Å². The minimum Gasteiger partial charge on any atom is -0.505 e. The highest BCUT2D eigenvalue weighted by molar-refractivity contribution is 9.11. The second kappa shape index (κ2) is 5.13. The van der Waals surface area contributed by atoms with Crippen LogP contribution >= 0.6 is 27.3 Å². The zero-order valence-corrected chi connectivity index (χ0v) is 12.5. The van der Waals surface area contributed by atoms with E-state index in [1.807, 2.05) is 0 Å². The first kappa shape index (κ1) is 12.9. The van der Waals surface area contributed by atoms with Gasteiger partial charge in [0.05, 0.1) is 9.83 Å². The van der Waals surface area contributed by atoms with Gasteiger partial charge in [-0.25, -0.2) is 4.39 Å². The Kier molecular flexibility index (Phi) is 3.50. The van der Waals surface area contributed by atoms with E-state index in [2.05, 4.69) is 27.3 Å². The normalized spacial score (nSPS) is 18.1. The van der Waals surface area contributed by atoms with Gasteiger partial charge in [-0.2, -0.15) is 0 Å². The van der Waals surface area contributed by atoms with E-state index in [1.165, 1.54) is 22.6 Å². The fourth-order valence-electron chi connectivity index (χ4n) is 2.47. The summed E-state index contributed by atoms with van der Waals surface area (Å²) in [5.41, 5.74) is 2.01. The zero-order chi connectivity index (χ0) is 13.4. The topological polar surface area (TPSA) is 32.3 Å². The Bertz CT molecular complexity index is 613. The number of hydrogen-bond acceptors (Lipinski definition) is 3.